The predicted octanol–water partition coefficient (Wildman–Crippen LogP) is 2.49. The van der Waals surface area contributed by atoms with Gasteiger partial charge in [0.2, 0.25) is 0 Å². The lowest BCUT2D eigenvalue weighted by Gasteiger charge is -2.09. The number of oxazole rings is 1. The molecule has 0 amide bonds. The van der Waals surface area contributed by atoms with E-state index in [4.69, 9.17) is 9.15 Å². The fourth-order valence-electron chi connectivity index (χ4n) is 2.50. The topological polar surface area (TPSA) is 108 Å². The Morgan fingerprint density at radius 2 is 2.00 bits per heavy atom. The van der Waals surface area contributed by atoms with E-state index in [1.54, 1.807) is 0 Å². The number of aromatic nitrogens is 1. The van der Waals surface area contributed by atoms with Crippen LogP contribution in [0.5, 0.6) is 0 Å². The summed E-state index contributed by atoms with van der Waals surface area (Å²) >= 11 is 0. The molecule has 0 saturated carbocycles. The Balaban J connectivity index is 1.92. The van der Waals surface area contributed by atoms with Gasteiger partial charge in [0.1, 0.15) is 12.4 Å². The molecule has 0 atom stereocenters. The number of para-hydroxylation sites is 1. The first-order valence-electron chi connectivity index (χ1n) is 8.38. The number of fused-ring (bicyclic) bond motifs is 1. The van der Waals surface area contributed by atoms with Crippen LogP contribution < -0.4 is 10.5 Å². The summed E-state index contributed by atoms with van der Waals surface area (Å²) in [5.41, 5.74) is 0.00767. The Morgan fingerprint density at radius 1 is 1.25 bits per heavy atom. The van der Waals surface area contributed by atoms with Crippen molar-refractivity contribution in [3.63, 3.8) is 0 Å². The molecule has 0 bridgehead atoms. The maximum absolute atomic E-state index is 13.7. The lowest BCUT2D eigenvalue weighted by molar-refractivity contribution is -0.144. The molecular formula is C18H17FN2O6S. The Morgan fingerprint density at radius 3 is 2.71 bits per heavy atom. The second-order valence-corrected chi connectivity index (χ2v) is 7.57. The molecule has 2 aromatic carbocycles. The molecule has 0 aliphatic heterocycles. The van der Waals surface area contributed by atoms with Crippen molar-refractivity contribution in [3.8, 4) is 0 Å². The van der Waals surface area contributed by atoms with Crippen LogP contribution in [0.15, 0.2) is 56.6 Å². The lowest BCUT2D eigenvalue weighted by Crippen LogP contribution is -2.21. The highest BCUT2D eigenvalue weighted by Crippen LogP contribution is 2.22. The van der Waals surface area contributed by atoms with E-state index in [9.17, 15) is 22.4 Å². The zero-order chi connectivity index (χ0) is 20.3. The van der Waals surface area contributed by atoms with Crippen molar-refractivity contribution in [2.24, 2.45) is 0 Å². The van der Waals surface area contributed by atoms with Crippen molar-refractivity contribution in [2.45, 2.75) is 24.8 Å². The number of carbonyl (C=O) groups excluding carboxylic acids is 1. The van der Waals surface area contributed by atoms with Crippen molar-refractivity contribution in [1.82, 2.24) is 4.57 Å². The molecule has 0 saturated heterocycles. The molecule has 10 heteroatoms. The standard InChI is InChI=1S/C18H17FN2O6S/c1-2-9-26-17(22)11-21-15-8-7-12(10-16(15)27-18(21)23)28(24,25)20-14-6-4-3-5-13(14)19/h3-8,10,20H,2,9,11H2,1H3. The number of carbonyl (C=O) groups is 1. The van der Waals surface area contributed by atoms with Gasteiger partial charge in [-0.15, -0.1) is 0 Å². The molecule has 0 aliphatic rings. The van der Waals surface area contributed by atoms with Gasteiger partial charge < -0.3 is 9.15 Å². The smallest absolute Gasteiger partial charge is 0.420 e. The van der Waals surface area contributed by atoms with Gasteiger partial charge >= 0.3 is 11.7 Å². The van der Waals surface area contributed by atoms with E-state index < -0.39 is 27.6 Å². The van der Waals surface area contributed by atoms with Crippen LogP contribution in [0.4, 0.5) is 10.1 Å². The van der Waals surface area contributed by atoms with Gasteiger partial charge in [0.05, 0.1) is 22.7 Å². The molecule has 3 rings (SSSR count). The number of ether oxygens (including phenoxy) is 1. The highest BCUT2D eigenvalue weighted by atomic mass is 32.2. The average Bonchev–Trinajstić information content (AvgIpc) is 2.96. The number of rotatable bonds is 7. The van der Waals surface area contributed by atoms with Gasteiger partial charge in [-0.2, -0.15) is 0 Å². The summed E-state index contributed by atoms with van der Waals surface area (Å²) in [7, 11) is -4.12. The van der Waals surface area contributed by atoms with Crippen LogP contribution in [0, 0.1) is 5.82 Å². The maximum atomic E-state index is 13.7. The Kier molecular flexibility index (Phi) is 5.50. The molecule has 148 valence electrons. The number of esters is 1. The summed E-state index contributed by atoms with van der Waals surface area (Å²) in [6.07, 6.45) is 0.642. The molecule has 8 nitrogen and oxygen atoms in total. The normalized spacial score (nSPS) is 11.5. The third kappa shape index (κ3) is 4.06. The van der Waals surface area contributed by atoms with Crippen molar-refractivity contribution < 1.29 is 26.8 Å². The van der Waals surface area contributed by atoms with Crippen LogP contribution in [0.2, 0.25) is 0 Å². The molecule has 28 heavy (non-hydrogen) atoms. The van der Waals surface area contributed by atoms with Crippen LogP contribution in [0.25, 0.3) is 11.1 Å². The quantitative estimate of drug-likeness (QED) is 0.602. The van der Waals surface area contributed by atoms with Crippen molar-refractivity contribution in [3.05, 3.63) is 58.8 Å². The number of halogens is 1. The molecular weight excluding hydrogens is 391 g/mol. The number of nitrogens with one attached hydrogen (secondary N) is 1. The zero-order valence-corrected chi connectivity index (χ0v) is 15.7. The summed E-state index contributed by atoms with van der Waals surface area (Å²) in [6, 6.07) is 9.02. The van der Waals surface area contributed by atoms with E-state index in [0.717, 1.165) is 16.7 Å². The van der Waals surface area contributed by atoms with Crippen molar-refractivity contribution >= 4 is 32.8 Å². The van der Waals surface area contributed by atoms with E-state index in [2.05, 4.69) is 4.72 Å². The minimum Gasteiger partial charge on any atom is -0.464 e. The van der Waals surface area contributed by atoms with Gasteiger partial charge in [-0.05, 0) is 30.7 Å². The molecule has 3 aromatic rings. The number of nitrogens with zero attached hydrogens (tertiary/aromatic N) is 1. The van der Waals surface area contributed by atoms with Crippen molar-refractivity contribution in [2.75, 3.05) is 11.3 Å². The first kappa shape index (κ1) is 19.6. The Hall–Kier alpha value is -3.14. The monoisotopic (exact) mass is 408 g/mol. The fraction of sp³-hybridized carbons (Fsp3) is 0.222. The largest absolute Gasteiger partial charge is 0.464 e. The summed E-state index contributed by atoms with van der Waals surface area (Å²) in [5.74, 6) is -2.15. The second-order valence-electron chi connectivity index (χ2n) is 5.89. The first-order chi connectivity index (χ1) is 13.3. The highest BCUT2D eigenvalue weighted by Gasteiger charge is 2.20. The molecule has 0 fully saturated rings. The molecule has 0 spiro atoms. The van der Waals surface area contributed by atoms with Gasteiger partial charge in [-0.25, -0.2) is 17.6 Å². The second kappa shape index (κ2) is 7.85. The Bertz CT molecular complexity index is 1180. The number of benzene rings is 2. The molecule has 1 heterocycles. The van der Waals surface area contributed by atoms with E-state index in [0.29, 0.717) is 6.42 Å². The van der Waals surface area contributed by atoms with Crippen LogP contribution in [-0.4, -0.2) is 25.6 Å². The van der Waals surface area contributed by atoms with Crippen LogP contribution in [0.3, 0.4) is 0 Å². The number of anilines is 1. The first-order valence-corrected chi connectivity index (χ1v) is 9.86. The van der Waals surface area contributed by atoms with E-state index in [1.165, 1.54) is 30.3 Å². The van der Waals surface area contributed by atoms with Crippen molar-refractivity contribution in [1.29, 1.82) is 0 Å². The minimum atomic E-state index is -4.12. The van der Waals surface area contributed by atoms with Crippen LogP contribution in [-0.2, 0) is 26.1 Å². The summed E-state index contributed by atoms with van der Waals surface area (Å²) in [4.78, 5) is 23.6. The van der Waals surface area contributed by atoms with Gasteiger partial charge in [0, 0.05) is 6.07 Å². The number of hydrogen-bond donors (Lipinski definition) is 1. The molecule has 1 N–H and O–H groups in total. The fourth-order valence-corrected chi connectivity index (χ4v) is 3.58. The van der Waals surface area contributed by atoms with E-state index in [1.807, 2.05) is 6.92 Å². The van der Waals surface area contributed by atoms with Gasteiger partial charge in [-0.3, -0.25) is 14.1 Å². The zero-order valence-electron chi connectivity index (χ0n) is 14.8. The van der Waals surface area contributed by atoms with Crippen LogP contribution >= 0.6 is 0 Å². The third-order valence-corrected chi connectivity index (χ3v) is 5.19. The van der Waals surface area contributed by atoms with Gasteiger partial charge in [0.15, 0.2) is 5.58 Å². The van der Waals surface area contributed by atoms with Gasteiger partial charge in [-0.1, -0.05) is 19.1 Å². The van der Waals surface area contributed by atoms with Gasteiger partial charge in [0.25, 0.3) is 10.0 Å². The molecule has 1 aromatic heterocycles. The SMILES string of the molecule is CCCOC(=O)Cn1c(=O)oc2cc(S(=O)(=O)Nc3ccccc3F)ccc21. The van der Waals surface area contributed by atoms with E-state index >= 15 is 0 Å². The maximum Gasteiger partial charge on any atom is 0.420 e. The molecule has 0 aliphatic carbocycles. The molecule has 0 radical (unpaired) electrons. The number of sulfonamides is 1. The molecule has 0 unspecified atom stereocenters. The predicted molar refractivity (Wildman–Crippen MR) is 98.9 cm³/mol. The van der Waals surface area contributed by atoms with E-state index in [-0.39, 0.29) is 34.8 Å². The van der Waals surface area contributed by atoms with Crippen LogP contribution in [0.1, 0.15) is 13.3 Å². The average molecular weight is 408 g/mol. The minimum absolute atomic E-state index is 0.0234. The summed E-state index contributed by atoms with van der Waals surface area (Å²) in [6.45, 7) is 1.71. The third-order valence-electron chi connectivity index (χ3n) is 3.82. The lowest BCUT2D eigenvalue weighted by atomic mass is 10.3. The summed E-state index contributed by atoms with van der Waals surface area (Å²) < 4.78 is 51.9. The Labute approximate surface area is 159 Å². The summed E-state index contributed by atoms with van der Waals surface area (Å²) in [5, 5.41) is 0. The highest BCUT2D eigenvalue weighted by molar-refractivity contribution is 7.92. The number of hydrogen-bond acceptors (Lipinski definition) is 6.